The lowest BCUT2D eigenvalue weighted by Crippen LogP contribution is -2.47. The number of aromatic nitrogens is 3. The Hall–Kier alpha value is -2.39. The van der Waals surface area contributed by atoms with Gasteiger partial charge < -0.3 is 15.0 Å². The van der Waals surface area contributed by atoms with Gasteiger partial charge in [0.25, 0.3) is 0 Å². The highest BCUT2D eigenvalue weighted by Gasteiger charge is 2.25. The number of H-pyrrole nitrogens is 1. The first kappa shape index (κ1) is 20.3. The molecule has 10 heteroatoms. The van der Waals surface area contributed by atoms with Gasteiger partial charge in [-0.05, 0) is 56.2 Å². The van der Waals surface area contributed by atoms with Crippen molar-refractivity contribution in [1.29, 1.82) is 0 Å². The maximum absolute atomic E-state index is 12.5. The van der Waals surface area contributed by atoms with Gasteiger partial charge in [0.2, 0.25) is 5.91 Å². The number of nitrogens with one attached hydrogen (secondary N) is 2. The van der Waals surface area contributed by atoms with Crippen molar-refractivity contribution in [3.63, 3.8) is 0 Å². The van der Waals surface area contributed by atoms with Gasteiger partial charge in [-0.2, -0.15) is 5.10 Å². The van der Waals surface area contributed by atoms with Crippen LogP contribution in [0.25, 0.3) is 11.4 Å². The van der Waals surface area contributed by atoms with Crippen molar-refractivity contribution in [2.45, 2.75) is 32.4 Å². The number of halogens is 1. The van der Waals surface area contributed by atoms with Crippen molar-refractivity contribution in [3.8, 4) is 11.4 Å². The Morgan fingerprint density at radius 1 is 1.32 bits per heavy atom. The summed E-state index contributed by atoms with van der Waals surface area (Å²) in [5.74, 6) is 0.427. The number of carbonyl (C=O) groups excluding carboxylic acids is 2. The number of rotatable bonds is 5. The maximum Gasteiger partial charge on any atom is 0.409 e. The summed E-state index contributed by atoms with van der Waals surface area (Å²) in [7, 11) is 0. The molecule has 3 rings (SSSR count). The molecule has 1 aliphatic heterocycles. The van der Waals surface area contributed by atoms with Gasteiger partial charge in [0.05, 0.1) is 6.61 Å². The van der Waals surface area contributed by atoms with Crippen molar-refractivity contribution in [3.05, 3.63) is 34.1 Å². The first-order valence-electron chi connectivity index (χ1n) is 9.10. The van der Waals surface area contributed by atoms with Gasteiger partial charge in [0, 0.05) is 29.7 Å². The van der Waals surface area contributed by atoms with Crippen LogP contribution in [0.3, 0.4) is 0 Å². The van der Waals surface area contributed by atoms with Gasteiger partial charge >= 0.3 is 6.09 Å². The third-order valence-corrected chi connectivity index (χ3v) is 5.11. The second-order valence-electron chi connectivity index (χ2n) is 6.47. The molecule has 0 bridgehead atoms. The van der Waals surface area contributed by atoms with E-state index in [0.717, 1.165) is 5.56 Å². The molecule has 0 saturated carbocycles. The third-order valence-electron chi connectivity index (χ3n) is 4.55. The highest BCUT2D eigenvalue weighted by molar-refractivity contribution is 7.71. The third kappa shape index (κ3) is 4.90. The van der Waals surface area contributed by atoms with Crippen molar-refractivity contribution < 1.29 is 14.3 Å². The number of piperidine rings is 1. The fourth-order valence-electron chi connectivity index (χ4n) is 3.12. The zero-order valence-electron chi connectivity index (χ0n) is 15.5. The number of likely N-dealkylation sites (tertiary alicyclic amines) is 1. The summed E-state index contributed by atoms with van der Waals surface area (Å²) in [4.78, 5) is 26.0. The molecule has 8 nitrogen and oxygen atoms in total. The Morgan fingerprint density at radius 3 is 2.64 bits per heavy atom. The number of nitrogens with zero attached hydrogens (tertiary/aromatic N) is 3. The fraction of sp³-hybridized carbons (Fsp3) is 0.444. The summed E-state index contributed by atoms with van der Waals surface area (Å²) >= 11 is 11.2. The van der Waals surface area contributed by atoms with Crippen LogP contribution in [-0.2, 0) is 16.1 Å². The highest BCUT2D eigenvalue weighted by atomic mass is 35.5. The van der Waals surface area contributed by atoms with E-state index in [-0.39, 0.29) is 24.6 Å². The largest absolute Gasteiger partial charge is 0.450 e. The fourth-order valence-corrected chi connectivity index (χ4v) is 3.44. The molecule has 0 spiro atoms. The quantitative estimate of drug-likeness (QED) is 0.721. The van der Waals surface area contributed by atoms with Crippen LogP contribution in [0.5, 0.6) is 0 Å². The molecular formula is C18H22ClN5O3S. The predicted molar refractivity (Wildman–Crippen MR) is 108 cm³/mol. The smallest absolute Gasteiger partial charge is 0.409 e. The summed E-state index contributed by atoms with van der Waals surface area (Å²) in [5, 5.41) is 10.6. The molecule has 0 radical (unpaired) electrons. The minimum Gasteiger partial charge on any atom is -0.450 e. The summed E-state index contributed by atoms with van der Waals surface area (Å²) in [6, 6.07) is 7.19. The molecule has 2 heterocycles. The summed E-state index contributed by atoms with van der Waals surface area (Å²) in [5.41, 5.74) is 0.812. The number of ether oxygens (including phenoxy) is 1. The minimum atomic E-state index is -0.301. The number of hydrogen-bond acceptors (Lipinski definition) is 5. The Morgan fingerprint density at radius 2 is 2.00 bits per heavy atom. The molecule has 1 fully saturated rings. The van der Waals surface area contributed by atoms with E-state index in [0.29, 0.717) is 48.2 Å². The van der Waals surface area contributed by atoms with Gasteiger partial charge in [-0.25, -0.2) is 4.79 Å². The van der Waals surface area contributed by atoms with Crippen molar-refractivity contribution >= 4 is 35.8 Å². The number of carbonyl (C=O) groups is 2. The summed E-state index contributed by atoms with van der Waals surface area (Å²) in [6.45, 7) is 3.32. The molecule has 2 N–H and O–H groups in total. The molecule has 150 valence electrons. The second-order valence-corrected chi connectivity index (χ2v) is 7.30. The average molecular weight is 424 g/mol. The lowest BCUT2D eigenvalue weighted by molar-refractivity contribution is -0.122. The van der Waals surface area contributed by atoms with E-state index < -0.39 is 0 Å². The maximum atomic E-state index is 12.5. The van der Waals surface area contributed by atoms with Crippen LogP contribution in [0.4, 0.5) is 4.79 Å². The topological polar surface area (TPSA) is 92.2 Å². The van der Waals surface area contributed by atoms with E-state index >= 15 is 0 Å². The van der Waals surface area contributed by atoms with Crippen LogP contribution >= 0.6 is 23.8 Å². The summed E-state index contributed by atoms with van der Waals surface area (Å²) in [6.07, 6.45) is 1.07. The van der Waals surface area contributed by atoms with E-state index in [1.807, 2.05) is 12.1 Å². The second kappa shape index (κ2) is 9.20. The Balaban J connectivity index is 1.59. The number of aromatic amines is 1. The number of amides is 2. The van der Waals surface area contributed by atoms with E-state index in [4.69, 9.17) is 28.6 Å². The number of hydrogen-bond donors (Lipinski definition) is 2. The normalized spacial score (nSPS) is 14.7. The van der Waals surface area contributed by atoms with Crippen LogP contribution in [0.15, 0.2) is 24.3 Å². The van der Waals surface area contributed by atoms with Crippen LogP contribution in [0, 0.1) is 4.77 Å². The van der Waals surface area contributed by atoms with Crippen LogP contribution in [-0.4, -0.2) is 57.4 Å². The molecule has 1 saturated heterocycles. The highest BCUT2D eigenvalue weighted by Crippen LogP contribution is 2.20. The monoisotopic (exact) mass is 423 g/mol. The molecule has 0 unspecified atom stereocenters. The van der Waals surface area contributed by atoms with E-state index in [9.17, 15) is 9.59 Å². The van der Waals surface area contributed by atoms with Crippen LogP contribution in [0.1, 0.15) is 19.8 Å². The molecule has 0 aliphatic carbocycles. The van der Waals surface area contributed by atoms with Crippen LogP contribution < -0.4 is 5.32 Å². The molecule has 2 aromatic rings. The Labute approximate surface area is 172 Å². The van der Waals surface area contributed by atoms with Gasteiger partial charge in [0.1, 0.15) is 6.54 Å². The molecule has 0 atom stereocenters. The molecule has 1 aliphatic rings. The first-order chi connectivity index (χ1) is 13.5. The molecule has 1 aromatic heterocycles. The average Bonchev–Trinajstić information content (AvgIpc) is 3.03. The number of benzene rings is 1. The SMILES string of the molecule is CCOC(=O)N1CCC(NC(=O)Cn2c(-c3ccc(Cl)cc3)n[nH]c2=S)CC1. The molecular weight excluding hydrogens is 402 g/mol. The predicted octanol–water partition coefficient (Wildman–Crippen LogP) is 3.00. The van der Waals surface area contributed by atoms with Gasteiger partial charge in [-0.3, -0.25) is 14.5 Å². The minimum absolute atomic E-state index is 0.0123. The molecule has 1 aromatic carbocycles. The van der Waals surface area contributed by atoms with Crippen molar-refractivity contribution in [2.24, 2.45) is 0 Å². The van der Waals surface area contributed by atoms with E-state index in [2.05, 4.69) is 15.5 Å². The van der Waals surface area contributed by atoms with E-state index in [1.54, 1.807) is 28.5 Å². The van der Waals surface area contributed by atoms with Gasteiger partial charge in [-0.15, -0.1) is 0 Å². The van der Waals surface area contributed by atoms with E-state index in [1.165, 1.54) is 0 Å². The van der Waals surface area contributed by atoms with Gasteiger partial charge in [0.15, 0.2) is 10.6 Å². The lowest BCUT2D eigenvalue weighted by atomic mass is 10.1. The van der Waals surface area contributed by atoms with Crippen molar-refractivity contribution in [1.82, 2.24) is 25.0 Å². The zero-order valence-corrected chi connectivity index (χ0v) is 17.1. The first-order valence-corrected chi connectivity index (χ1v) is 9.88. The summed E-state index contributed by atoms with van der Waals surface area (Å²) < 4.78 is 7.04. The van der Waals surface area contributed by atoms with Gasteiger partial charge in [-0.1, -0.05) is 11.6 Å². The Bertz CT molecular complexity index is 887. The van der Waals surface area contributed by atoms with Crippen molar-refractivity contribution in [2.75, 3.05) is 19.7 Å². The zero-order chi connectivity index (χ0) is 20.1. The standard InChI is InChI=1S/C18H22ClN5O3S/c1-2-27-18(26)23-9-7-14(8-10-23)20-15(25)11-24-16(21-22-17(24)28)12-3-5-13(19)6-4-12/h3-6,14H,2,7-11H2,1H3,(H,20,25)(H,22,28). The molecule has 28 heavy (non-hydrogen) atoms. The van der Waals surface area contributed by atoms with Crippen LogP contribution in [0.2, 0.25) is 5.02 Å². The lowest BCUT2D eigenvalue weighted by Gasteiger charge is -2.31. The molecule has 2 amide bonds. The Kier molecular flexibility index (Phi) is 6.69.